The summed E-state index contributed by atoms with van der Waals surface area (Å²) in [7, 11) is 0. The number of piperazine rings is 1. The van der Waals surface area contributed by atoms with Gasteiger partial charge in [-0.05, 0) is 132 Å². The highest BCUT2D eigenvalue weighted by Gasteiger charge is 2.56. The lowest BCUT2D eigenvalue weighted by molar-refractivity contribution is -0.294. The molecule has 2 aliphatic heterocycles. The number of nitrogens with one attached hydrogen (secondary N) is 1. The Morgan fingerprint density at radius 1 is 0.675 bits per heavy atom. The van der Waals surface area contributed by atoms with E-state index in [-0.39, 0.29) is 51.0 Å². The van der Waals surface area contributed by atoms with Gasteiger partial charge in [-0.3, -0.25) is 34.0 Å². The molecule has 19 nitrogen and oxygen atoms in total. The molecule has 0 spiro atoms. The molecular weight excluding hydrogens is 1030 g/mol. The van der Waals surface area contributed by atoms with Gasteiger partial charge in [-0.1, -0.05) is 72.5 Å². The van der Waals surface area contributed by atoms with Gasteiger partial charge >= 0.3 is 36.0 Å². The van der Waals surface area contributed by atoms with Crippen molar-refractivity contribution in [1.29, 1.82) is 0 Å². The average molecular weight is 1100 g/mol. The summed E-state index contributed by atoms with van der Waals surface area (Å²) in [4.78, 5) is 98.8. The van der Waals surface area contributed by atoms with Crippen LogP contribution in [-0.2, 0) is 59.0 Å². The highest BCUT2D eigenvalue weighted by Crippen LogP contribution is 2.37. The first-order valence-electron chi connectivity index (χ1n) is 26.9. The Morgan fingerprint density at radius 3 is 1.81 bits per heavy atom. The molecule has 0 radical (unpaired) electrons. The molecule has 0 unspecified atom stereocenters. The number of hydrogen-bond acceptors (Lipinski definition) is 15. The molecule has 2 aliphatic rings. The Balaban J connectivity index is 1.20. The number of rotatable bonds is 13. The number of carbonyl (C=O) groups excluding carboxylic acids is 7. The number of nitrogens with zero attached hydrogens (tertiary/aromatic N) is 4. The molecule has 5 atom stereocenters. The minimum absolute atomic E-state index is 0.0183. The number of aromatic nitrogens is 2. The first kappa shape index (κ1) is 61.5. The molecule has 430 valence electrons. The van der Waals surface area contributed by atoms with Crippen LogP contribution in [0.3, 0.4) is 0 Å². The van der Waals surface area contributed by atoms with Gasteiger partial charge in [0.25, 0.3) is 0 Å². The maximum Gasteiger partial charge on any atom is 0.410 e. The molecule has 3 aromatic carbocycles. The number of benzene rings is 3. The molecule has 80 heavy (non-hydrogen) atoms. The summed E-state index contributed by atoms with van der Waals surface area (Å²) >= 11 is 0. The van der Waals surface area contributed by atoms with E-state index in [9.17, 15) is 33.6 Å². The third kappa shape index (κ3) is 16.2. The topological polar surface area (TPSA) is 222 Å². The number of amides is 4. The van der Waals surface area contributed by atoms with Crippen LogP contribution < -0.4 is 4.74 Å². The quantitative estimate of drug-likeness (QED) is 0.0748. The van der Waals surface area contributed by atoms with Gasteiger partial charge in [0, 0.05) is 49.8 Å². The molecule has 4 aromatic rings. The largest absolute Gasteiger partial charge is 0.462 e. The molecule has 4 amide bonds. The molecule has 2 fully saturated rings. The van der Waals surface area contributed by atoms with E-state index in [1.807, 2.05) is 54.6 Å². The summed E-state index contributed by atoms with van der Waals surface area (Å²) in [6, 6.07) is 21.2. The van der Waals surface area contributed by atoms with E-state index in [2.05, 4.69) is 22.0 Å². The number of hydrogen-bond donors (Lipinski definition) is 1. The molecule has 0 aliphatic carbocycles. The Kier molecular flexibility index (Phi) is 19.7. The summed E-state index contributed by atoms with van der Waals surface area (Å²) in [6.45, 7) is 24.1. The molecule has 0 bridgehead atoms. The molecular formula is C61H77N5O14. The van der Waals surface area contributed by atoms with Crippen molar-refractivity contribution in [3.05, 3.63) is 101 Å². The van der Waals surface area contributed by atoms with Crippen molar-refractivity contribution < 1.29 is 66.7 Å². The molecule has 3 heterocycles. The van der Waals surface area contributed by atoms with Crippen molar-refractivity contribution in [2.75, 3.05) is 32.8 Å². The van der Waals surface area contributed by atoms with E-state index in [0.29, 0.717) is 22.0 Å². The fraction of sp³-hybridized carbons (Fsp3) is 0.508. The van der Waals surface area contributed by atoms with Crippen LogP contribution in [0, 0.1) is 33.5 Å². The van der Waals surface area contributed by atoms with Gasteiger partial charge in [0.05, 0.1) is 32.6 Å². The zero-order chi connectivity index (χ0) is 58.9. The van der Waals surface area contributed by atoms with E-state index < -0.39 is 101 Å². The number of carbonyl (C=O) groups is 7. The molecule has 0 saturated carbocycles. The predicted octanol–water partition coefficient (Wildman–Crippen LogP) is 9.24. The van der Waals surface area contributed by atoms with Crippen molar-refractivity contribution in [2.45, 2.75) is 147 Å². The second-order valence-corrected chi connectivity index (χ2v) is 24.3. The minimum atomic E-state index is -1.59. The SMILES string of the molecule is CC(C)N(C(=O)C/C=C/c1ccc(C#Cc2cccc3[nH]nc(O[C@@H]4O[C@H](COC(=O)C(C)(C)C)[C@@H](OC(=O)C(C)(C)C)[C@H](OC(=O)C(C)(C)C)[C@H]4OC(=O)C(C)(C)C)c23)cc1)C(=O)N1CCN(C(=O)OCc2ccccc2)CC1. The number of ether oxygens (including phenoxy) is 7. The summed E-state index contributed by atoms with van der Waals surface area (Å²) in [5.74, 6) is 3.31. The van der Waals surface area contributed by atoms with Crippen LogP contribution >= 0.6 is 0 Å². The fourth-order valence-electron chi connectivity index (χ4n) is 8.00. The van der Waals surface area contributed by atoms with Gasteiger partial charge < -0.3 is 43.0 Å². The second-order valence-electron chi connectivity index (χ2n) is 24.3. The second kappa shape index (κ2) is 25.6. The van der Waals surface area contributed by atoms with Crippen LogP contribution in [0.2, 0.25) is 0 Å². The average Bonchev–Trinajstić information content (AvgIpc) is 3.96. The van der Waals surface area contributed by atoms with Crippen LogP contribution in [0.15, 0.2) is 78.9 Å². The maximum absolute atomic E-state index is 13.8. The number of imide groups is 1. The fourth-order valence-corrected chi connectivity index (χ4v) is 8.00. The van der Waals surface area contributed by atoms with Gasteiger partial charge in [0.2, 0.25) is 24.2 Å². The number of fused-ring (bicyclic) bond motifs is 1. The number of H-pyrrole nitrogens is 1. The molecule has 1 N–H and O–H groups in total. The summed E-state index contributed by atoms with van der Waals surface area (Å²) in [5.41, 5.74) is -0.794. The smallest absolute Gasteiger partial charge is 0.410 e. The van der Waals surface area contributed by atoms with Crippen LogP contribution in [0.4, 0.5) is 9.59 Å². The zero-order valence-corrected chi connectivity index (χ0v) is 48.5. The Hall–Kier alpha value is -7.72. The van der Waals surface area contributed by atoms with Crippen LogP contribution in [-0.4, -0.2) is 136 Å². The highest BCUT2D eigenvalue weighted by atomic mass is 16.7. The van der Waals surface area contributed by atoms with Crippen molar-refractivity contribution in [3.8, 4) is 17.7 Å². The number of esters is 4. The van der Waals surface area contributed by atoms with Gasteiger partial charge in [-0.2, -0.15) is 0 Å². The van der Waals surface area contributed by atoms with Crippen molar-refractivity contribution in [1.82, 2.24) is 24.9 Å². The Labute approximate surface area is 468 Å². The van der Waals surface area contributed by atoms with E-state index in [1.54, 1.807) is 137 Å². The monoisotopic (exact) mass is 1100 g/mol. The van der Waals surface area contributed by atoms with E-state index in [4.69, 9.17) is 33.2 Å². The van der Waals surface area contributed by atoms with Gasteiger partial charge in [-0.25, -0.2) is 9.59 Å². The number of urea groups is 1. The van der Waals surface area contributed by atoms with Crippen LogP contribution in [0.1, 0.15) is 126 Å². The van der Waals surface area contributed by atoms with Crippen molar-refractivity contribution in [3.63, 3.8) is 0 Å². The minimum Gasteiger partial charge on any atom is -0.462 e. The third-order valence-corrected chi connectivity index (χ3v) is 12.8. The zero-order valence-electron chi connectivity index (χ0n) is 48.5. The molecule has 6 rings (SSSR count). The first-order chi connectivity index (χ1) is 37.4. The van der Waals surface area contributed by atoms with E-state index in [1.165, 1.54) is 4.90 Å². The lowest BCUT2D eigenvalue weighted by atomic mass is 9.93. The summed E-state index contributed by atoms with van der Waals surface area (Å²) in [5, 5.41) is 7.86. The highest BCUT2D eigenvalue weighted by molar-refractivity contribution is 5.96. The van der Waals surface area contributed by atoms with Crippen LogP contribution in [0.5, 0.6) is 5.88 Å². The van der Waals surface area contributed by atoms with Gasteiger partial charge in [-0.15, -0.1) is 5.10 Å². The van der Waals surface area contributed by atoms with Crippen molar-refractivity contribution in [2.24, 2.45) is 21.7 Å². The summed E-state index contributed by atoms with van der Waals surface area (Å²) in [6.07, 6.45) is -4.46. The Morgan fingerprint density at radius 2 is 1.24 bits per heavy atom. The third-order valence-electron chi connectivity index (χ3n) is 12.8. The lowest BCUT2D eigenvalue weighted by Gasteiger charge is -2.45. The standard InChI is InChI=1S/C61H77N5O14/c1-38(2)66(56(72)64-32-34-65(35-33-64)57(73)75-36-41-20-16-15-17-21-41)45(67)25-18-22-39-26-28-40(29-27-39)30-31-42-23-19-24-43-46(42)50(63-62-43)80-51-49(79-55(71)61(12,13)14)48(78-54(70)60(9,10)11)47(77-53(69)59(6,7)8)44(76-51)37-74-52(68)58(3,4)5/h15-24,26-29,38,44,47-49,51H,25,32-37H2,1-14H3,(H,62,63)/b22-18+/t44-,47-,48+,49-,51+/m1/s1. The predicted molar refractivity (Wildman–Crippen MR) is 297 cm³/mol. The molecule has 1 aromatic heterocycles. The molecule has 2 saturated heterocycles. The van der Waals surface area contributed by atoms with Crippen LogP contribution in [0.25, 0.3) is 17.0 Å². The number of aromatic amines is 1. The van der Waals surface area contributed by atoms with Gasteiger partial charge in [0.15, 0.2) is 12.2 Å². The first-order valence-corrected chi connectivity index (χ1v) is 26.9. The van der Waals surface area contributed by atoms with E-state index >= 15 is 0 Å². The van der Waals surface area contributed by atoms with Crippen molar-refractivity contribution >= 4 is 58.9 Å². The maximum atomic E-state index is 13.8. The lowest BCUT2D eigenvalue weighted by Crippen LogP contribution is -2.65. The summed E-state index contributed by atoms with van der Waals surface area (Å²) < 4.78 is 42.7. The normalized spacial score (nSPS) is 18.9. The van der Waals surface area contributed by atoms with E-state index in [0.717, 1.165) is 11.1 Å². The van der Waals surface area contributed by atoms with Gasteiger partial charge in [0.1, 0.15) is 19.3 Å². The Bertz CT molecular complexity index is 2960. The molecule has 19 heteroatoms.